The monoisotopic (exact) mass is 820 g/mol. The third-order valence-electron chi connectivity index (χ3n) is 8.81. The molecule has 0 bridgehead atoms. The van der Waals surface area contributed by atoms with E-state index in [0.29, 0.717) is 11.5 Å². The smallest absolute Gasteiger partial charge is 0.135 e. The van der Waals surface area contributed by atoms with Crippen LogP contribution in [-0.4, -0.2) is 9.55 Å². The van der Waals surface area contributed by atoms with E-state index in [9.17, 15) is 0 Å². The maximum absolute atomic E-state index is 6.46. The molecule has 0 N–H and O–H groups in total. The van der Waals surface area contributed by atoms with Crippen LogP contribution in [0.1, 0.15) is 16.7 Å². The topological polar surface area (TPSA) is 33.5 Å². The normalized spacial score (nSPS) is 12.9. The predicted octanol–water partition coefficient (Wildman–Crippen LogP) is 10.8. The van der Waals surface area contributed by atoms with Gasteiger partial charge >= 0.3 is 0 Å². The minimum absolute atomic E-state index is 0. The van der Waals surface area contributed by atoms with Crippen molar-refractivity contribution in [2.75, 3.05) is 9.80 Å². The van der Waals surface area contributed by atoms with Gasteiger partial charge in [-0.25, -0.2) is 4.98 Å². The van der Waals surface area contributed by atoms with E-state index in [1.165, 1.54) is 42.6 Å². The molecule has 0 fully saturated rings. The van der Waals surface area contributed by atoms with Gasteiger partial charge in [-0.2, -0.15) is 12.1 Å². The average molecular weight is 821 g/mol. The summed E-state index contributed by atoms with van der Waals surface area (Å²) in [5.74, 6) is 2.08. The molecule has 0 saturated carbocycles. The van der Waals surface area contributed by atoms with Gasteiger partial charge in [0.1, 0.15) is 5.82 Å². The van der Waals surface area contributed by atoms with Crippen LogP contribution < -0.4 is 14.5 Å². The maximum atomic E-state index is 6.46. The molecular formula is C41H29N4OPtS-3. The van der Waals surface area contributed by atoms with Crippen molar-refractivity contribution in [3.8, 4) is 17.3 Å². The second kappa shape index (κ2) is 12.0. The third kappa shape index (κ3) is 4.99. The number of hydrogen-bond donors (Lipinski definition) is 0. The molecule has 48 heavy (non-hydrogen) atoms. The zero-order chi connectivity index (χ0) is 31.6. The number of aryl methyl sites for hydroxylation is 3. The van der Waals surface area contributed by atoms with Gasteiger partial charge < -0.3 is 19.1 Å². The molecule has 1 aliphatic rings. The van der Waals surface area contributed by atoms with Gasteiger partial charge in [0.05, 0.1) is 5.52 Å². The Morgan fingerprint density at radius 3 is 2.31 bits per heavy atom. The summed E-state index contributed by atoms with van der Waals surface area (Å²) in [5, 5.41) is 4.76. The predicted molar refractivity (Wildman–Crippen MR) is 195 cm³/mol. The molecule has 1 aliphatic heterocycles. The Morgan fingerprint density at radius 2 is 1.48 bits per heavy atom. The van der Waals surface area contributed by atoms with Crippen LogP contribution in [0.4, 0.5) is 11.4 Å². The number of thiophene rings is 1. The number of fused-ring (bicyclic) bond motifs is 7. The summed E-state index contributed by atoms with van der Waals surface area (Å²) in [6.45, 7) is 8.54. The molecule has 8 aromatic rings. The van der Waals surface area contributed by atoms with Crippen molar-refractivity contribution in [2.24, 2.45) is 0 Å². The Kier molecular flexibility index (Phi) is 7.58. The van der Waals surface area contributed by atoms with E-state index in [-0.39, 0.29) is 21.1 Å². The van der Waals surface area contributed by atoms with Crippen molar-refractivity contribution >= 4 is 64.7 Å². The zero-order valence-corrected chi connectivity index (χ0v) is 29.6. The Balaban J connectivity index is 0.00000336. The standard InChI is InChI=1S/C41H29N4OS.Pt/c1-26-21-27(2)40(28(3)22-26)44-20-19-43(25-44)29-9-8-10-30(23-29)46-31-14-15-32-33-16-17-37-39(34-11-4-5-12-36(34)47-37)41(33)45(35(32)24-31)38-13-6-7-18-42-38;/h4-22,25H,1-3H3;/q-3;. The first kappa shape index (κ1) is 30.4. The van der Waals surface area contributed by atoms with Gasteiger partial charge in [0.2, 0.25) is 0 Å². The number of hydrogen-bond acceptors (Lipinski definition) is 5. The second-order valence-corrected chi connectivity index (χ2v) is 13.1. The van der Waals surface area contributed by atoms with Crippen molar-refractivity contribution < 1.29 is 25.8 Å². The molecule has 5 aromatic carbocycles. The van der Waals surface area contributed by atoms with E-state index >= 15 is 0 Å². The number of aromatic nitrogens is 2. The number of pyridine rings is 1. The second-order valence-electron chi connectivity index (χ2n) is 12.0. The van der Waals surface area contributed by atoms with Crippen LogP contribution >= 0.6 is 11.3 Å². The maximum Gasteiger partial charge on any atom is 0.135 e. The summed E-state index contributed by atoms with van der Waals surface area (Å²) in [6, 6.07) is 40.7. The molecule has 4 heterocycles. The fourth-order valence-corrected chi connectivity index (χ4v) is 8.07. The van der Waals surface area contributed by atoms with Gasteiger partial charge in [-0.05, 0) is 73.9 Å². The van der Waals surface area contributed by atoms with E-state index in [1.54, 1.807) is 0 Å². The summed E-state index contributed by atoms with van der Waals surface area (Å²) < 4.78 is 11.2. The van der Waals surface area contributed by atoms with E-state index < -0.39 is 0 Å². The third-order valence-corrected chi connectivity index (χ3v) is 9.95. The van der Waals surface area contributed by atoms with Crippen LogP contribution in [0.5, 0.6) is 11.5 Å². The van der Waals surface area contributed by atoms with Crippen molar-refractivity contribution in [1.29, 1.82) is 0 Å². The number of rotatable bonds is 5. The Morgan fingerprint density at radius 1 is 0.708 bits per heavy atom. The SMILES string of the molecule is Cc1cc(C)c(N2C=CN(c3[c-]c(Oc4[c-]c5c(cc4)c4ccc6sc7ccccc7c6c4n5-c4ccccn4)ccc3)[CH-]2)c(C)c1.[Pt]. The Bertz CT molecular complexity index is 2510. The molecule has 0 spiro atoms. The van der Waals surface area contributed by atoms with Crippen molar-refractivity contribution in [3.05, 3.63) is 151 Å². The Labute approximate surface area is 297 Å². The van der Waals surface area contributed by atoms with Crippen LogP contribution in [0, 0.1) is 39.6 Å². The van der Waals surface area contributed by atoms with Crippen LogP contribution in [0.25, 0.3) is 47.8 Å². The number of anilines is 2. The van der Waals surface area contributed by atoms with Crippen LogP contribution in [0.2, 0.25) is 0 Å². The molecule has 0 saturated heterocycles. The van der Waals surface area contributed by atoms with Gasteiger partial charge in [0, 0.05) is 64.6 Å². The fourth-order valence-electron chi connectivity index (χ4n) is 6.97. The first-order chi connectivity index (χ1) is 23.0. The van der Waals surface area contributed by atoms with Gasteiger partial charge in [0.25, 0.3) is 0 Å². The number of ether oxygens (including phenoxy) is 1. The van der Waals surface area contributed by atoms with Crippen molar-refractivity contribution in [2.45, 2.75) is 20.8 Å². The molecular weight excluding hydrogens is 792 g/mol. The molecule has 0 aliphatic carbocycles. The van der Waals surface area contributed by atoms with Crippen molar-refractivity contribution in [3.63, 3.8) is 0 Å². The summed E-state index contributed by atoms with van der Waals surface area (Å²) >= 11 is 1.82. The molecule has 0 atom stereocenters. The zero-order valence-electron chi connectivity index (χ0n) is 26.5. The largest absolute Gasteiger partial charge is 0.509 e. The number of benzene rings is 5. The minimum atomic E-state index is 0. The number of nitrogens with zero attached hydrogens (tertiary/aromatic N) is 4. The average Bonchev–Trinajstić information content (AvgIpc) is 3.79. The van der Waals surface area contributed by atoms with Gasteiger partial charge in [0.15, 0.2) is 0 Å². The molecule has 0 radical (unpaired) electrons. The minimum Gasteiger partial charge on any atom is -0.509 e. The molecule has 238 valence electrons. The van der Waals surface area contributed by atoms with Gasteiger partial charge in [-0.1, -0.05) is 53.5 Å². The van der Waals surface area contributed by atoms with Gasteiger partial charge in [-0.15, -0.1) is 59.4 Å². The quantitative estimate of drug-likeness (QED) is 0.162. The summed E-state index contributed by atoms with van der Waals surface area (Å²) in [5.41, 5.74) is 7.90. The molecule has 5 nitrogen and oxygen atoms in total. The van der Waals surface area contributed by atoms with E-state index in [1.807, 2.05) is 66.2 Å². The van der Waals surface area contributed by atoms with Crippen LogP contribution in [-0.2, 0) is 21.1 Å². The van der Waals surface area contributed by atoms with E-state index in [0.717, 1.165) is 33.3 Å². The first-order valence-corrected chi connectivity index (χ1v) is 16.4. The summed E-state index contributed by atoms with van der Waals surface area (Å²) in [6.07, 6.45) is 5.97. The molecule has 9 rings (SSSR count). The van der Waals surface area contributed by atoms with Crippen LogP contribution in [0.3, 0.4) is 0 Å². The van der Waals surface area contributed by atoms with Crippen LogP contribution in [0.15, 0.2) is 116 Å². The van der Waals surface area contributed by atoms with E-state index in [4.69, 9.17) is 9.72 Å². The molecule has 3 aromatic heterocycles. The Hall–Kier alpha value is -4.90. The molecule has 0 unspecified atom stereocenters. The van der Waals surface area contributed by atoms with Crippen molar-refractivity contribution in [1.82, 2.24) is 9.55 Å². The summed E-state index contributed by atoms with van der Waals surface area (Å²) in [7, 11) is 0. The first-order valence-electron chi connectivity index (χ1n) is 15.6. The molecule has 0 amide bonds. The van der Waals surface area contributed by atoms with Gasteiger partial charge in [-0.3, -0.25) is 0 Å². The summed E-state index contributed by atoms with van der Waals surface area (Å²) in [4.78, 5) is 9.01. The van der Waals surface area contributed by atoms with E-state index in [2.05, 4.69) is 115 Å². The fraction of sp³-hybridized carbons (Fsp3) is 0.0732. The molecule has 7 heteroatoms.